The van der Waals surface area contributed by atoms with Gasteiger partial charge in [0, 0.05) is 19.8 Å². The van der Waals surface area contributed by atoms with Crippen LogP contribution in [0.15, 0.2) is 12.3 Å². The Balaban J connectivity index is 0.00000144. The first kappa shape index (κ1) is 14.5. The van der Waals surface area contributed by atoms with Crippen molar-refractivity contribution in [3.63, 3.8) is 0 Å². The van der Waals surface area contributed by atoms with E-state index < -0.39 is 0 Å². The summed E-state index contributed by atoms with van der Waals surface area (Å²) in [5.74, 6) is 1.39. The monoisotopic (exact) mass is 276 g/mol. The largest absolute Gasteiger partial charge is 0.344 e. The van der Waals surface area contributed by atoms with Gasteiger partial charge in [0.1, 0.15) is 5.15 Å². The SMILES string of the molecule is CN(CC1CCCNC1)c1nccc(Cl)n1.Cl. The molecular weight excluding hydrogens is 259 g/mol. The zero-order chi connectivity index (χ0) is 11.4. The molecule has 1 aromatic heterocycles. The molecule has 2 rings (SSSR count). The quantitative estimate of drug-likeness (QED) is 0.858. The standard InChI is InChI=1S/C11H17ClN4.ClH/c1-16(8-9-3-2-5-13-7-9)11-14-6-4-10(12)15-11;/h4,6,9,13H,2-3,5,7-8H2,1H3;1H. The van der Waals surface area contributed by atoms with Gasteiger partial charge >= 0.3 is 0 Å². The Labute approximate surface area is 113 Å². The van der Waals surface area contributed by atoms with Crippen molar-refractivity contribution >= 4 is 30.0 Å². The second kappa shape index (κ2) is 6.99. The highest BCUT2D eigenvalue weighted by molar-refractivity contribution is 6.29. The number of hydrogen-bond donors (Lipinski definition) is 1. The van der Waals surface area contributed by atoms with E-state index in [-0.39, 0.29) is 12.4 Å². The third-order valence-corrected chi connectivity index (χ3v) is 3.09. The molecule has 6 heteroatoms. The number of aromatic nitrogens is 2. The molecule has 0 saturated carbocycles. The van der Waals surface area contributed by atoms with Gasteiger partial charge in [0.25, 0.3) is 0 Å². The zero-order valence-corrected chi connectivity index (χ0v) is 11.5. The van der Waals surface area contributed by atoms with E-state index in [1.807, 2.05) is 7.05 Å². The molecule has 0 aromatic carbocycles. The second-order valence-electron chi connectivity index (χ2n) is 4.27. The Kier molecular flexibility index (Phi) is 5.95. The van der Waals surface area contributed by atoms with Crippen LogP contribution in [0.4, 0.5) is 5.95 Å². The predicted molar refractivity (Wildman–Crippen MR) is 73.2 cm³/mol. The summed E-state index contributed by atoms with van der Waals surface area (Å²) in [6.07, 6.45) is 4.23. The summed E-state index contributed by atoms with van der Waals surface area (Å²) in [6.45, 7) is 3.21. The third kappa shape index (κ3) is 4.30. The van der Waals surface area contributed by atoms with E-state index in [9.17, 15) is 0 Å². The molecule has 0 spiro atoms. The molecule has 0 radical (unpaired) electrons. The minimum atomic E-state index is 0. The van der Waals surface area contributed by atoms with Gasteiger partial charge in [0.15, 0.2) is 0 Å². The minimum Gasteiger partial charge on any atom is -0.344 e. The van der Waals surface area contributed by atoms with Crippen LogP contribution in [-0.4, -0.2) is 36.6 Å². The van der Waals surface area contributed by atoms with Gasteiger partial charge in [-0.15, -0.1) is 12.4 Å². The summed E-state index contributed by atoms with van der Waals surface area (Å²) in [6, 6.07) is 1.70. The lowest BCUT2D eigenvalue weighted by molar-refractivity contribution is 0.380. The molecule has 1 aliphatic heterocycles. The highest BCUT2D eigenvalue weighted by Gasteiger charge is 2.16. The summed E-state index contributed by atoms with van der Waals surface area (Å²) in [4.78, 5) is 10.5. The van der Waals surface area contributed by atoms with Crippen molar-refractivity contribution in [1.82, 2.24) is 15.3 Å². The Morgan fingerprint density at radius 1 is 1.59 bits per heavy atom. The Morgan fingerprint density at radius 3 is 3.06 bits per heavy atom. The van der Waals surface area contributed by atoms with Crippen molar-refractivity contribution in [3.8, 4) is 0 Å². The molecular formula is C11H18Cl2N4. The third-order valence-electron chi connectivity index (χ3n) is 2.88. The highest BCUT2D eigenvalue weighted by atomic mass is 35.5. The van der Waals surface area contributed by atoms with Crippen LogP contribution in [-0.2, 0) is 0 Å². The molecule has 0 bridgehead atoms. The molecule has 1 atom stereocenters. The maximum atomic E-state index is 5.84. The number of nitrogens with zero attached hydrogens (tertiary/aromatic N) is 3. The summed E-state index contributed by atoms with van der Waals surface area (Å²) < 4.78 is 0. The van der Waals surface area contributed by atoms with Gasteiger partial charge in [0.05, 0.1) is 0 Å². The van der Waals surface area contributed by atoms with Crippen LogP contribution in [0.2, 0.25) is 5.15 Å². The smallest absolute Gasteiger partial charge is 0.226 e. The van der Waals surface area contributed by atoms with Gasteiger partial charge in [-0.05, 0) is 37.9 Å². The number of nitrogens with one attached hydrogen (secondary N) is 1. The summed E-state index contributed by atoms with van der Waals surface area (Å²) in [5.41, 5.74) is 0. The zero-order valence-electron chi connectivity index (χ0n) is 9.90. The van der Waals surface area contributed by atoms with Crippen molar-refractivity contribution in [2.45, 2.75) is 12.8 Å². The average molecular weight is 277 g/mol. The second-order valence-corrected chi connectivity index (χ2v) is 4.66. The number of piperidine rings is 1. The molecule has 0 aliphatic carbocycles. The fourth-order valence-corrected chi connectivity index (χ4v) is 2.19. The highest BCUT2D eigenvalue weighted by Crippen LogP contribution is 2.15. The number of rotatable bonds is 3. The molecule has 1 saturated heterocycles. The molecule has 1 aliphatic rings. The van der Waals surface area contributed by atoms with Gasteiger partial charge in [-0.3, -0.25) is 0 Å². The topological polar surface area (TPSA) is 41.0 Å². The molecule has 1 fully saturated rings. The maximum absolute atomic E-state index is 5.84. The molecule has 1 N–H and O–H groups in total. The van der Waals surface area contributed by atoms with Crippen LogP contribution >= 0.6 is 24.0 Å². The van der Waals surface area contributed by atoms with E-state index in [1.165, 1.54) is 12.8 Å². The summed E-state index contributed by atoms with van der Waals surface area (Å²) in [5, 5.41) is 3.91. The lowest BCUT2D eigenvalue weighted by Gasteiger charge is -2.27. The molecule has 1 aromatic rings. The van der Waals surface area contributed by atoms with Gasteiger partial charge in [-0.25, -0.2) is 9.97 Å². The van der Waals surface area contributed by atoms with E-state index in [1.54, 1.807) is 12.3 Å². The van der Waals surface area contributed by atoms with Gasteiger partial charge < -0.3 is 10.2 Å². The molecule has 17 heavy (non-hydrogen) atoms. The van der Waals surface area contributed by atoms with Crippen LogP contribution in [0.25, 0.3) is 0 Å². The van der Waals surface area contributed by atoms with E-state index >= 15 is 0 Å². The molecule has 1 unspecified atom stereocenters. The van der Waals surface area contributed by atoms with Crippen LogP contribution in [0.3, 0.4) is 0 Å². The number of halogens is 2. The van der Waals surface area contributed by atoms with Crippen LogP contribution < -0.4 is 10.2 Å². The fraction of sp³-hybridized carbons (Fsp3) is 0.636. The van der Waals surface area contributed by atoms with Crippen LogP contribution in [0, 0.1) is 5.92 Å². The lowest BCUT2D eigenvalue weighted by atomic mass is 9.99. The maximum Gasteiger partial charge on any atom is 0.226 e. The number of hydrogen-bond acceptors (Lipinski definition) is 4. The van der Waals surface area contributed by atoms with Gasteiger partial charge in [-0.1, -0.05) is 11.6 Å². The fourth-order valence-electron chi connectivity index (χ4n) is 2.06. The predicted octanol–water partition coefficient (Wildman–Crippen LogP) is 1.99. The Morgan fingerprint density at radius 2 is 2.41 bits per heavy atom. The van der Waals surface area contributed by atoms with Crippen molar-refractivity contribution < 1.29 is 0 Å². The molecule has 4 nitrogen and oxygen atoms in total. The van der Waals surface area contributed by atoms with E-state index in [0.717, 1.165) is 19.6 Å². The average Bonchev–Trinajstić information content (AvgIpc) is 2.30. The first-order chi connectivity index (χ1) is 7.75. The van der Waals surface area contributed by atoms with Crippen LogP contribution in [0.1, 0.15) is 12.8 Å². The van der Waals surface area contributed by atoms with Crippen molar-refractivity contribution in [2.75, 3.05) is 31.6 Å². The first-order valence-electron chi connectivity index (χ1n) is 5.66. The van der Waals surface area contributed by atoms with Gasteiger partial charge in [0.2, 0.25) is 5.95 Å². The number of anilines is 1. The lowest BCUT2D eigenvalue weighted by Crippen LogP contribution is -2.37. The van der Waals surface area contributed by atoms with Gasteiger partial charge in [-0.2, -0.15) is 0 Å². The molecule has 96 valence electrons. The Hall–Kier alpha value is -0.580. The van der Waals surface area contributed by atoms with E-state index in [0.29, 0.717) is 17.0 Å². The molecule has 2 heterocycles. The normalized spacial score (nSPS) is 19.5. The van der Waals surface area contributed by atoms with Crippen molar-refractivity contribution in [2.24, 2.45) is 5.92 Å². The van der Waals surface area contributed by atoms with Crippen molar-refractivity contribution in [1.29, 1.82) is 0 Å². The van der Waals surface area contributed by atoms with Crippen molar-refractivity contribution in [3.05, 3.63) is 17.4 Å². The summed E-state index contributed by atoms with van der Waals surface area (Å²) >= 11 is 5.84. The first-order valence-corrected chi connectivity index (χ1v) is 6.04. The minimum absolute atomic E-state index is 0. The summed E-state index contributed by atoms with van der Waals surface area (Å²) in [7, 11) is 2.01. The van der Waals surface area contributed by atoms with E-state index in [4.69, 9.17) is 11.6 Å². The Bertz CT molecular complexity index is 342. The van der Waals surface area contributed by atoms with E-state index in [2.05, 4.69) is 20.2 Å². The molecule has 0 amide bonds. The van der Waals surface area contributed by atoms with Crippen LogP contribution in [0.5, 0.6) is 0 Å².